The Morgan fingerprint density at radius 1 is 1.10 bits per heavy atom. The molecule has 1 saturated heterocycles. The van der Waals surface area contributed by atoms with Gasteiger partial charge in [0, 0.05) is 5.56 Å². The maximum Gasteiger partial charge on any atom is 0.325 e. The summed E-state index contributed by atoms with van der Waals surface area (Å²) in [6.07, 6.45) is 1.99. The van der Waals surface area contributed by atoms with Gasteiger partial charge in [-0.05, 0) is 42.2 Å². The molecule has 0 aliphatic carbocycles. The molecular weight excluding hydrogens is 394 g/mol. The van der Waals surface area contributed by atoms with E-state index in [0.717, 1.165) is 16.9 Å². The number of ether oxygens (including phenoxy) is 1. The van der Waals surface area contributed by atoms with E-state index in [0.29, 0.717) is 18.0 Å². The summed E-state index contributed by atoms with van der Waals surface area (Å²) in [4.78, 5) is 32.0. The van der Waals surface area contributed by atoms with E-state index in [9.17, 15) is 9.59 Å². The van der Waals surface area contributed by atoms with Gasteiger partial charge in [0.2, 0.25) is 5.89 Å². The van der Waals surface area contributed by atoms with Gasteiger partial charge >= 0.3 is 6.03 Å². The Kier molecular flexibility index (Phi) is 5.50. The highest BCUT2D eigenvalue weighted by Gasteiger charge is 2.52. The van der Waals surface area contributed by atoms with Crippen LogP contribution in [0.3, 0.4) is 0 Å². The van der Waals surface area contributed by atoms with E-state index in [4.69, 9.17) is 9.15 Å². The first-order valence-electron chi connectivity index (χ1n) is 10.2. The Bertz CT molecular complexity index is 1080. The standard InChI is InChI=1S/C24H25N3O4/c1-16(2)13-24(18-7-5-4-6-8-18)22(28)27(23(29)26-24)14-19-15-31-21(25-19)17-9-11-20(30-3)12-10-17/h4-12,15-16H,13-14H2,1-3H3,(H,26,29). The molecule has 1 aliphatic rings. The Labute approximate surface area is 181 Å². The number of nitrogens with zero attached hydrogens (tertiary/aromatic N) is 2. The number of hydrogen-bond acceptors (Lipinski definition) is 5. The number of amides is 3. The zero-order valence-corrected chi connectivity index (χ0v) is 17.8. The molecule has 1 aliphatic heterocycles. The summed E-state index contributed by atoms with van der Waals surface area (Å²) in [5.74, 6) is 1.09. The topological polar surface area (TPSA) is 84.7 Å². The van der Waals surface area contributed by atoms with E-state index < -0.39 is 11.6 Å². The molecule has 7 heteroatoms. The van der Waals surface area contributed by atoms with Crippen LogP contribution in [-0.4, -0.2) is 28.9 Å². The number of carbonyl (C=O) groups is 2. The summed E-state index contributed by atoms with van der Waals surface area (Å²) in [6.45, 7) is 4.11. The lowest BCUT2D eigenvalue weighted by molar-refractivity contribution is -0.132. The fourth-order valence-corrected chi connectivity index (χ4v) is 3.96. The van der Waals surface area contributed by atoms with Crippen LogP contribution in [0, 0.1) is 5.92 Å². The van der Waals surface area contributed by atoms with Gasteiger partial charge in [0.25, 0.3) is 5.91 Å². The number of urea groups is 1. The molecular formula is C24H25N3O4. The van der Waals surface area contributed by atoms with E-state index in [1.165, 1.54) is 11.2 Å². The van der Waals surface area contributed by atoms with Gasteiger partial charge in [0.05, 0.1) is 19.3 Å². The normalized spacial score (nSPS) is 18.5. The van der Waals surface area contributed by atoms with Crippen LogP contribution in [0.2, 0.25) is 0 Å². The minimum atomic E-state index is -1.07. The van der Waals surface area contributed by atoms with Crippen LogP contribution in [-0.2, 0) is 16.9 Å². The number of rotatable bonds is 7. The van der Waals surface area contributed by atoms with E-state index in [2.05, 4.69) is 10.3 Å². The Morgan fingerprint density at radius 3 is 2.45 bits per heavy atom. The molecule has 1 fully saturated rings. The summed E-state index contributed by atoms with van der Waals surface area (Å²) >= 11 is 0. The van der Waals surface area contributed by atoms with Crippen LogP contribution in [0.25, 0.3) is 11.5 Å². The predicted octanol–water partition coefficient (Wildman–Crippen LogP) is 4.34. The highest BCUT2D eigenvalue weighted by Crippen LogP contribution is 2.36. The first kappa shape index (κ1) is 20.7. The molecule has 1 aromatic heterocycles. The number of hydrogen-bond donors (Lipinski definition) is 1. The Morgan fingerprint density at radius 2 is 1.81 bits per heavy atom. The number of nitrogens with one attached hydrogen (secondary N) is 1. The fourth-order valence-electron chi connectivity index (χ4n) is 3.96. The second-order valence-electron chi connectivity index (χ2n) is 8.06. The number of oxazole rings is 1. The monoisotopic (exact) mass is 419 g/mol. The molecule has 0 radical (unpaired) electrons. The number of benzene rings is 2. The van der Waals surface area contributed by atoms with Crippen molar-refractivity contribution >= 4 is 11.9 Å². The average Bonchev–Trinajstić information content (AvgIpc) is 3.33. The van der Waals surface area contributed by atoms with Crippen LogP contribution in [0.4, 0.5) is 4.79 Å². The molecule has 1 atom stereocenters. The molecule has 0 spiro atoms. The van der Waals surface area contributed by atoms with Crippen molar-refractivity contribution in [2.45, 2.75) is 32.4 Å². The van der Waals surface area contributed by atoms with E-state index in [1.807, 2.05) is 68.4 Å². The molecule has 1 N–H and O–H groups in total. The highest BCUT2D eigenvalue weighted by atomic mass is 16.5. The first-order chi connectivity index (χ1) is 14.9. The van der Waals surface area contributed by atoms with Gasteiger partial charge in [-0.2, -0.15) is 0 Å². The number of aromatic nitrogens is 1. The van der Waals surface area contributed by atoms with E-state index in [-0.39, 0.29) is 18.4 Å². The quantitative estimate of drug-likeness (QED) is 0.576. The second-order valence-corrected chi connectivity index (χ2v) is 8.06. The minimum Gasteiger partial charge on any atom is -0.497 e. The summed E-state index contributed by atoms with van der Waals surface area (Å²) in [5, 5.41) is 2.95. The zero-order valence-electron chi connectivity index (χ0n) is 17.8. The maximum absolute atomic E-state index is 13.5. The first-order valence-corrected chi connectivity index (χ1v) is 10.2. The fraction of sp³-hybridized carbons (Fsp3) is 0.292. The lowest BCUT2D eigenvalue weighted by Gasteiger charge is -2.29. The predicted molar refractivity (Wildman–Crippen MR) is 115 cm³/mol. The molecule has 0 saturated carbocycles. The van der Waals surface area contributed by atoms with Crippen LogP contribution in [0.15, 0.2) is 65.3 Å². The van der Waals surface area contributed by atoms with Gasteiger partial charge in [0.1, 0.15) is 17.6 Å². The van der Waals surface area contributed by atoms with Crippen LogP contribution >= 0.6 is 0 Å². The van der Waals surface area contributed by atoms with E-state index >= 15 is 0 Å². The van der Waals surface area contributed by atoms with Gasteiger partial charge in [-0.3, -0.25) is 9.69 Å². The number of imide groups is 1. The summed E-state index contributed by atoms with van der Waals surface area (Å²) in [7, 11) is 1.60. The molecule has 31 heavy (non-hydrogen) atoms. The van der Waals surface area contributed by atoms with Gasteiger partial charge in [-0.1, -0.05) is 44.2 Å². The molecule has 2 aromatic carbocycles. The smallest absolute Gasteiger partial charge is 0.325 e. The van der Waals surface area contributed by atoms with Crippen LogP contribution < -0.4 is 10.1 Å². The van der Waals surface area contributed by atoms with Gasteiger partial charge in [-0.15, -0.1) is 0 Å². The molecule has 0 bridgehead atoms. The summed E-state index contributed by atoms with van der Waals surface area (Å²) in [5.41, 5.74) is 0.990. The highest BCUT2D eigenvalue weighted by molar-refractivity contribution is 6.07. The molecule has 3 aromatic rings. The number of methoxy groups -OCH3 is 1. The summed E-state index contributed by atoms with van der Waals surface area (Å²) < 4.78 is 10.8. The van der Waals surface area contributed by atoms with Crippen LogP contribution in [0.1, 0.15) is 31.5 Å². The number of carbonyl (C=O) groups excluding carboxylic acids is 2. The lowest BCUT2D eigenvalue weighted by atomic mass is 9.82. The Balaban J connectivity index is 1.58. The van der Waals surface area contributed by atoms with Crippen molar-refractivity contribution in [2.75, 3.05) is 7.11 Å². The third-order valence-corrected chi connectivity index (χ3v) is 5.37. The Hall–Kier alpha value is -3.61. The minimum absolute atomic E-state index is 0.0387. The van der Waals surface area contributed by atoms with Gasteiger partial charge < -0.3 is 14.5 Å². The summed E-state index contributed by atoms with van der Waals surface area (Å²) in [6, 6.07) is 16.3. The van der Waals surface area contributed by atoms with Crippen molar-refractivity contribution in [3.63, 3.8) is 0 Å². The molecule has 3 amide bonds. The molecule has 160 valence electrons. The van der Waals surface area contributed by atoms with Crippen molar-refractivity contribution in [2.24, 2.45) is 5.92 Å². The maximum atomic E-state index is 13.5. The van der Waals surface area contributed by atoms with Crippen LogP contribution in [0.5, 0.6) is 5.75 Å². The van der Waals surface area contributed by atoms with Crippen molar-refractivity contribution in [3.05, 3.63) is 72.1 Å². The molecule has 1 unspecified atom stereocenters. The average molecular weight is 419 g/mol. The van der Waals surface area contributed by atoms with Crippen molar-refractivity contribution in [3.8, 4) is 17.2 Å². The van der Waals surface area contributed by atoms with Gasteiger partial charge in [0.15, 0.2) is 0 Å². The third kappa shape index (κ3) is 3.91. The molecule has 2 heterocycles. The van der Waals surface area contributed by atoms with E-state index in [1.54, 1.807) is 7.11 Å². The van der Waals surface area contributed by atoms with Gasteiger partial charge in [-0.25, -0.2) is 9.78 Å². The molecule has 7 nitrogen and oxygen atoms in total. The van der Waals surface area contributed by atoms with Crippen molar-refractivity contribution in [1.29, 1.82) is 0 Å². The SMILES string of the molecule is COc1ccc(-c2nc(CN3C(=O)NC(CC(C)C)(c4ccccc4)C3=O)co2)cc1. The lowest BCUT2D eigenvalue weighted by Crippen LogP contribution is -2.45. The third-order valence-electron chi connectivity index (χ3n) is 5.37. The second kappa shape index (κ2) is 8.26. The molecule has 4 rings (SSSR count). The zero-order chi connectivity index (χ0) is 22.0. The van der Waals surface area contributed by atoms with Crippen molar-refractivity contribution < 1.29 is 18.7 Å². The van der Waals surface area contributed by atoms with Crippen molar-refractivity contribution in [1.82, 2.24) is 15.2 Å². The largest absolute Gasteiger partial charge is 0.497 e.